The molecule has 40 heavy (non-hydrogen) atoms. The van der Waals surface area contributed by atoms with Gasteiger partial charge in [0.05, 0.1) is 0 Å². The Bertz CT molecular complexity index is 1170. The first kappa shape index (κ1) is 34.5. The van der Waals surface area contributed by atoms with Crippen LogP contribution in [0.25, 0.3) is 0 Å². The SMILES string of the molecule is CCN(C(=O)C(c1ccccc1)S(C)(=O)=O)C1CCNCC1CCC(c1cccc(F)c1)C1CCNCC1.Cl.Cl. The number of amides is 1. The predicted octanol–water partition coefficient (Wildman–Crippen LogP) is 5.15. The van der Waals surface area contributed by atoms with E-state index in [0.717, 1.165) is 70.1 Å². The van der Waals surface area contributed by atoms with Crippen LogP contribution in [0.3, 0.4) is 0 Å². The van der Waals surface area contributed by atoms with E-state index < -0.39 is 15.1 Å². The second-order valence-electron chi connectivity index (χ2n) is 10.9. The van der Waals surface area contributed by atoms with E-state index in [1.807, 2.05) is 24.0 Å². The molecule has 0 radical (unpaired) electrons. The van der Waals surface area contributed by atoms with E-state index in [1.54, 1.807) is 36.4 Å². The summed E-state index contributed by atoms with van der Waals surface area (Å²) in [4.78, 5) is 15.7. The molecule has 6 nitrogen and oxygen atoms in total. The third kappa shape index (κ3) is 8.65. The normalized spacial score (nSPS) is 21.4. The van der Waals surface area contributed by atoms with Gasteiger partial charge in [0, 0.05) is 18.8 Å². The quantitative estimate of drug-likeness (QED) is 0.387. The molecular formula is C30H44Cl2FN3O3S. The molecule has 4 atom stereocenters. The van der Waals surface area contributed by atoms with E-state index in [0.29, 0.717) is 18.0 Å². The Kier molecular flexibility index (Phi) is 13.9. The summed E-state index contributed by atoms with van der Waals surface area (Å²) < 4.78 is 39.9. The lowest BCUT2D eigenvalue weighted by molar-refractivity contribution is -0.134. The van der Waals surface area contributed by atoms with Crippen molar-refractivity contribution in [2.45, 2.75) is 56.2 Å². The molecule has 2 saturated heterocycles. The van der Waals surface area contributed by atoms with Crippen LogP contribution in [0.5, 0.6) is 0 Å². The van der Waals surface area contributed by atoms with Crippen LogP contribution >= 0.6 is 24.8 Å². The highest BCUT2D eigenvalue weighted by Gasteiger charge is 2.40. The van der Waals surface area contributed by atoms with E-state index in [1.165, 1.54) is 6.07 Å². The van der Waals surface area contributed by atoms with Gasteiger partial charge in [-0.25, -0.2) is 12.8 Å². The van der Waals surface area contributed by atoms with Gasteiger partial charge < -0.3 is 15.5 Å². The Morgan fingerprint density at radius 2 is 1.62 bits per heavy atom. The van der Waals surface area contributed by atoms with Crippen molar-refractivity contribution in [2.24, 2.45) is 11.8 Å². The number of hydrogen-bond acceptors (Lipinski definition) is 5. The van der Waals surface area contributed by atoms with Crippen LogP contribution < -0.4 is 10.6 Å². The maximum Gasteiger partial charge on any atom is 0.245 e. The molecule has 0 saturated carbocycles. The molecule has 0 bridgehead atoms. The minimum Gasteiger partial charge on any atom is -0.338 e. The number of rotatable bonds is 10. The first-order valence-electron chi connectivity index (χ1n) is 14.0. The number of halogens is 3. The zero-order valence-electron chi connectivity index (χ0n) is 23.4. The van der Waals surface area contributed by atoms with E-state index in [-0.39, 0.29) is 54.4 Å². The van der Waals surface area contributed by atoms with Crippen LogP contribution in [0.4, 0.5) is 4.39 Å². The monoisotopic (exact) mass is 615 g/mol. The summed E-state index contributed by atoms with van der Waals surface area (Å²) in [5.41, 5.74) is 1.57. The first-order valence-corrected chi connectivity index (χ1v) is 16.0. The summed E-state index contributed by atoms with van der Waals surface area (Å²) >= 11 is 0. The summed E-state index contributed by atoms with van der Waals surface area (Å²) in [6.45, 7) is 5.93. The van der Waals surface area contributed by atoms with Crippen molar-refractivity contribution >= 4 is 40.6 Å². The molecule has 2 aromatic rings. The van der Waals surface area contributed by atoms with Gasteiger partial charge in [0.1, 0.15) is 5.82 Å². The van der Waals surface area contributed by atoms with Crippen molar-refractivity contribution in [1.29, 1.82) is 0 Å². The maximum absolute atomic E-state index is 14.2. The lowest BCUT2D eigenvalue weighted by atomic mass is 9.75. The molecule has 0 spiro atoms. The Morgan fingerprint density at radius 1 is 0.975 bits per heavy atom. The minimum absolute atomic E-state index is 0. The summed E-state index contributed by atoms with van der Waals surface area (Å²) in [6, 6.07) is 15.8. The first-order chi connectivity index (χ1) is 18.3. The molecule has 2 aromatic carbocycles. The number of sulfone groups is 1. The standard InChI is InChI=1S/C30H42FN3O3S.2ClH/c1-3-34(30(35)29(38(2,36)37)23-8-5-4-6-9-23)28-16-19-33-21-25(28)12-13-27(22-14-17-32-18-15-22)24-10-7-11-26(31)20-24;;/h4-11,20,22,25,27-29,32-33H,3,12-19,21H2,1-2H3;2*1H. The van der Waals surface area contributed by atoms with Crippen LogP contribution in [0, 0.1) is 17.7 Å². The van der Waals surface area contributed by atoms with Gasteiger partial charge in [-0.2, -0.15) is 0 Å². The second-order valence-corrected chi connectivity index (χ2v) is 13.0. The molecule has 2 heterocycles. The lowest BCUT2D eigenvalue weighted by Gasteiger charge is -2.42. The van der Waals surface area contributed by atoms with Crippen molar-refractivity contribution < 1.29 is 17.6 Å². The number of piperidine rings is 2. The van der Waals surface area contributed by atoms with Gasteiger partial charge in [0.15, 0.2) is 15.1 Å². The molecule has 2 aliphatic rings. The van der Waals surface area contributed by atoms with E-state index in [2.05, 4.69) is 10.6 Å². The van der Waals surface area contributed by atoms with Gasteiger partial charge in [-0.3, -0.25) is 4.79 Å². The molecule has 4 unspecified atom stereocenters. The Labute approximate surface area is 251 Å². The predicted molar refractivity (Wildman–Crippen MR) is 165 cm³/mol. The fraction of sp³-hybridized carbons (Fsp3) is 0.567. The maximum atomic E-state index is 14.2. The molecule has 0 aliphatic carbocycles. The van der Waals surface area contributed by atoms with Gasteiger partial charge in [-0.15, -0.1) is 24.8 Å². The van der Waals surface area contributed by atoms with Crippen LogP contribution in [-0.4, -0.2) is 64.2 Å². The van der Waals surface area contributed by atoms with Gasteiger partial charge >= 0.3 is 0 Å². The molecule has 4 rings (SSSR count). The van der Waals surface area contributed by atoms with Crippen LogP contribution in [0.15, 0.2) is 54.6 Å². The zero-order valence-corrected chi connectivity index (χ0v) is 25.9. The third-order valence-corrected chi connectivity index (χ3v) is 9.75. The highest BCUT2D eigenvalue weighted by atomic mass is 35.5. The minimum atomic E-state index is -3.66. The van der Waals surface area contributed by atoms with Gasteiger partial charge in [0.25, 0.3) is 0 Å². The van der Waals surface area contributed by atoms with Crippen LogP contribution in [-0.2, 0) is 14.6 Å². The molecule has 2 aliphatic heterocycles. The molecular weight excluding hydrogens is 572 g/mol. The molecule has 10 heteroatoms. The zero-order chi connectivity index (χ0) is 27.1. The summed E-state index contributed by atoms with van der Waals surface area (Å²) in [6.07, 6.45) is 5.88. The number of hydrogen-bond donors (Lipinski definition) is 2. The van der Waals surface area contributed by atoms with Gasteiger partial charge in [-0.1, -0.05) is 42.5 Å². The Hall–Kier alpha value is -1.71. The molecule has 1 amide bonds. The smallest absolute Gasteiger partial charge is 0.245 e. The third-order valence-electron chi connectivity index (χ3n) is 8.42. The van der Waals surface area contributed by atoms with Crippen LogP contribution in [0.2, 0.25) is 0 Å². The Morgan fingerprint density at radius 3 is 2.25 bits per heavy atom. The van der Waals surface area contributed by atoms with Gasteiger partial charge in [-0.05, 0) is 106 Å². The lowest BCUT2D eigenvalue weighted by Crippen LogP contribution is -2.53. The van der Waals surface area contributed by atoms with E-state index in [4.69, 9.17) is 0 Å². The van der Waals surface area contributed by atoms with E-state index >= 15 is 0 Å². The number of carbonyl (C=O) groups excluding carboxylic acids is 1. The number of nitrogens with one attached hydrogen (secondary N) is 2. The highest BCUT2D eigenvalue weighted by Crippen LogP contribution is 2.38. The molecule has 0 aromatic heterocycles. The number of nitrogens with zero attached hydrogens (tertiary/aromatic N) is 1. The van der Waals surface area contributed by atoms with E-state index in [9.17, 15) is 17.6 Å². The fourth-order valence-electron chi connectivity index (χ4n) is 6.57. The largest absolute Gasteiger partial charge is 0.338 e. The van der Waals surface area contributed by atoms with Crippen molar-refractivity contribution in [3.05, 3.63) is 71.5 Å². The van der Waals surface area contributed by atoms with Crippen molar-refractivity contribution in [3.8, 4) is 0 Å². The highest BCUT2D eigenvalue weighted by molar-refractivity contribution is 7.91. The molecule has 224 valence electrons. The average Bonchev–Trinajstić information content (AvgIpc) is 2.91. The van der Waals surface area contributed by atoms with Crippen molar-refractivity contribution in [1.82, 2.24) is 15.5 Å². The van der Waals surface area contributed by atoms with Gasteiger partial charge in [0.2, 0.25) is 5.91 Å². The summed E-state index contributed by atoms with van der Waals surface area (Å²) in [7, 11) is -3.66. The van der Waals surface area contributed by atoms with Crippen molar-refractivity contribution in [3.63, 3.8) is 0 Å². The average molecular weight is 617 g/mol. The topological polar surface area (TPSA) is 78.5 Å². The number of likely N-dealkylation sites (N-methyl/N-ethyl adjacent to an activating group) is 1. The van der Waals surface area contributed by atoms with Crippen LogP contribution in [0.1, 0.15) is 61.3 Å². The molecule has 2 fully saturated rings. The molecule has 2 N–H and O–H groups in total. The number of benzene rings is 2. The summed E-state index contributed by atoms with van der Waals surface area (Å²) in [5.74, 6) is 0.410. The second kappa shape index (κ2) is 16.1. The number of carbonyl (C=O) groups is 1. The summed E-state index contributed by atoms with van der Waals surface area (Å²) in [5, 5.41) is 5.74. The fourth-order valence-corrected chi connectivity index (χ4v) is 7.72. The Balaban J connectivity index is 0.00000280. The van der Waals surface area contributed by atoms with Crippen molar-refractivity contribution in [2.75, 3.05) is 39.0 Å².